The van der Waals surface area contributed by atoms with Gasteiger partial charge in [0.05, 0.1) is 12.2 Å². The Morgan fingerprint density at radius 2 is 2.27 bits per heavy atom. The van der Waals surface area contributed by atoms with Crippen molar-refractivity contribution in [3.05, 3.63) is 28.2 Å². The minimum Gasteiger partial charge on any atom is -0.395 e. The van der Waals surface area contributed by atoms with Gasteiger partial charge >= 0.3 is 0 Å². The molecule has 1 N–H and O–H groups in total. The van der Waals surface area contributed by atoms with Gasteiger partial charge in [0.1, 0.15) is 6.07 Å². The van der Waals surface area contributed by atoms with Crippen LogP contribution >= 0.6 is 15.9 Å². The molecule has 0 fully saturated rings. The molecule has 80 valence electrons. The lowest BCUT2D eigenvalue weighted by atomic mass is 10.2. The maximum atomic E-state index is 8.89. The molecule has 1 aromatic carbocycles. The molecule has 15 heavy (non-hydrogen) atoms. The number of benzene rings is 1. The van der Waals surface area contributed by atoms with Crippen LogP contribution in [0.1, 0.15) is 12.5 Å². The number of hydrogen-bond donors (Lipinski definition) is 1. The maximum absolute atomic E-state index is 8.89. The Morgan fingerprint density at radius 3 is 2.73 bits per heavy atom. The molecular weight excluding hydrogens is 256 g/mol. The number of nitriles is 1. The van der Waals surface area contributed by atoms with Crippen LogP contribution in [0.25, 0.3) is 0 Å². The molecule has 0 saturated heterocycles. The molecular formula is C11H13BrN2O. The number of hydrogen-bond acceptors (Lipinski definition) is 3. The highest BCUT2D eigenvalue weighted by Gasteiger charge is 2.06. The van der Waals surface area contributed by atoms with Gasteiger partial charge in [0.25, 0.3) is 0 Å². The smallest absolute Gasteiger partial charge is 0.100 e. The van der Waals surface area contributed by atoms with E-state index >= 15 is 0 Å². The molecule has 0 aliphatic heterocycles. The van der Waals surface area contributed by atoms with Gasteiger partial charge in [-0.15, -0.1) is 0 Å². The average Bonchev–Trinajstić information content (AvgIpc) is 2.25. The third-order valence-corrected chi connectivity index (χ3v) is 2.85. The van der Waals surface area contributed by atoms with Crippen molar-refractivity contribution < 1.29 is 5.11 Å². The van der Waals surface area contributed by atoms with Crippen molar-refractivity contribution >= 4 is 21.6 Å². The van der Waals surface area contributed by atoms with Crippen LogP contribution in [0.3, 0.4) is 0 Å². The van der Waals surface area contributed by atoms with Gasteiger partial charge in [-0.2, -0.15) is 5.26 Å². The molecule has 0 aromatic heterocycles. The summed E-state index contributed by atoms with van der Waals surface area (Å²) in [7, 11) is 0. The lowest BCUT2D eigenvalue weighted by Gasteiger charge is -2.22. The summed E-state index contributed by atoms with van der Waals surface area (Å²) in [5.41, 5.74) is 1.64. The fourth-order valence-corrected chi connectivity index (χ4v) is 1.84. The van der Waals surface area contributed by atoms with Crippen molar-refractivity contribution in [1.82, 2.24) is 0 Å². The van der Waals surface area contributed by atoms with Gasteiger partial charge < -0.3 is 10.0 Å². The second-order valence-electron chi connectivity index (χ2n) is 3.08. The lowest BCUT2D eigenvalue weighted by molar-refractivity contribution is 0.302. The van der Waals surface area contributed by atoms with Crippen LogP contribution in [0.5, 0.6) is 0 Å². The van der Waals surface area contributed by atoms with Crippen LogP contribution in [-0.4, -0.2) is 24.8 Å². The topological polar surface area (TPSA) is 47.3 Å². The normalized spacial score (nSPS) is 9.73. The molecule has 3 nitrogen and oxygen atoms in total. The van der Waals surface area contributed by atoms with Crippen molar-refractivity contribution in [3.63, 3.8) is 0 Å². The van der Waals surface area contributed by atoms with E-state index in [1.807, 2.05) is 24.0 Å². The Bertz CT molecular complexity index is 373. The zero-order valence-corrected chi connectivity index (χ0v) is 10.2. The van der Waals surface area contributed by atoms with Crippen molar-refractivity contribution in [2.45, 2.75) is 6.92 Å². The van der Waals surface area contributed by atoms with Gasteiger partial charge in [0, 0.05) is 23.2 Å². The minimum atomic E-state index is 0.130. The molecule has 1 rings (SSSR count). The van der Waals surface area contributed by atoms with Gasteiger partial charge in [-0.25, -0.2) is 0 Å². The van der Waals surface area contributed by atoms with Crippen LogP contribution in [-0.2, 0) is 0 Å². The van der Waals surface area contributed by atoms with E-state index in [4.69, 9.17) is 10.4 Å². The highest BCUT2D eigenvalue weighted by Crippen LogP contribution is 2.23. The number of aliphatic hydroxyl groups excluding tert-OH is 1. The summed E-state index contributed by atoms with van der Waals surface area (Å²) in [6.07, 6.45) is 0. The fraction of sp³-hybridized carbons (Fsp3) is 0.364. The Hall–Kier alpha value is -1.05. The van der Waals surface area contributed by atoms with E-state index in [9.17, 15) is 0 Å². The maximum Gasteiger partial charge on any atom is 0.100 e. The van der Waals surface area contributed by atoms with E-state index in [1.54, 1.807) is 6.07 Å². The minimum absolute atomic E-state index is 0.130. The quantitative estimate of drug-likeness (QED) is 0.910. The van der Waals surface area contributed by atoms with Crippen LogP contribution in [0.4, 0.5) is 5.69 Å². The van der Waals surface area contributed by atoms with E-state index in [0.717, 1.165) is 16.7 Å². The zero-order valence-electron chi connectivity index (χ0n) is 8.57. The predicted molar refractivity (Wildman–Crippen MR) is 63.8 cm³/mol. The van der Waals surface area contributed by atoms with Crippen LogP contribution < -0.4 is 4.90 Å². The molecule has 0 spiro atoms. The molecule has 0 saturated carbocycles. The summed E-state index contributed by atoms with van der Waals surface area (Å²) in [4.78, 5) is 2.05. The summed E-state index contributed by atoms with van der Waals surface area (Å²) in [6.45, 7) is 3.60. The van der Waals surface area contributed by atoms with E-state index in [2.05, 4.69) is 22.0 Å². The fourth-order valence-electron chi connectivity index (χ4n) is 1.38. The molecule has 0 bridgehead atoms. The Labute approximate surface area is 98.1 Å². The SMILES string of the molecule is CCN(CCO)c1ccc(C#N)c(Br)c1. The molecule has 0 aliphatic carbocycles. The van der Waals surface area contributed by atoms with Crippen molar-refractivity contribution in [2.24, 2.45) is 0 Å². The molecule has 0 atom stereocenters. The van der Waals surface area contributed by atoms with Crippen LogP contribution in [0.2, 0.25) is 0 Å². The number of likely N-dealkylation sites (N-methyl/N-ethyl adjacent to an activating group) is 1. The highest BCUT2D eigenvalue weighted by molar-refractivity contribution is 9.10. The first kappa shape index (κ1) is 12.0. The van der Waals surface area contributed by atoms with E-state index in [0.29, 0.717) is 12.1 Å². The largest absolute Gasteiger partial charge is 0.395 e. The first-order valence-corrected chi connectivity index (χ1v) is 5.57. The number of aliphatic hydroxyl groups is 1. The van der Waals surface area contributed by atoms with Gasteiger partial charge in [-0.1, -0.05) is 0 Å². The van der Waals surface area contributed by atoms with Crippen molar-refractivity contribution in [3.8, 4) is 6.07 Å². The van der Waals surface area contributed by atoms with Gasteiger partial charge in [0.2, 0.25) is 0 Å². The van der Waals surface area contributed by atoms with Crippen molar-refractivity contribution in [1.29, 1.82) is 5.26 Å². The van der Waals surface area contributed by atoms with Crippen LogP contribution in [0, 0.1) is 11.3 Å². The van der Waals surface area contributed by atoms with Crippen LogP contribution in [0.15, 0.2) is 22.7 Å². The second-order valence-corrected chi connectivity index (χ2v) is 3.93. The molecule has 0 heterocycles. The van der Waals surface area contributed by atoms with Gasteiger partial charge in [0.15, 0.2) is 0 Å². The van der Waals surface area contributed by atoms with Gasteiger partial charge in [-0.3, -0.25) is 0 Å². The number of nitrogens with zero attached hydrogens (tertiary/aromatic N) is 2. The summed E-state index contributed by atoms with van der Waals surface area (Å²) in [6, 6.07) is 7.67. The summed E-state index contributed by atoms with van der Waals surface area (Å²) in [5.74, 6) is 0. The summed E-state index contributed by atoms with van der Waals surface area (Å²) in [5, 5.41) is 17.7. The Kier molecular flexibility index (Phi) is 4.60. The monoisotopic (exact) mass is 268 g/mol. The van der Waals surface area contributed by atoms with Gasteiger partial charge in [-0.05, 0) is 41.1 Å². The third-order valence-electron chi connectivity index (χ3n) is 2.19. The Morgan fingerprint density at radius 1 is 1.53 bits per heavy atom. The number of halogens is 1. The molecule has 0 unspecified atom stereocenters. The lowest BCUT2D eigenvalue weighted by Crippen LogP contribution is -2.26. The molecule has 0 amide bonds. The highest BCUT2D eigenvalue weighted by atomic mass is 79.9. The van der Waals surface area contributed by atoms with E-state index in [-0.39, 0.29) is 6.61 Å². The Balaban J connectivity index is 2.95. The average molecular weight is 269 g/mol. The van der Waals surface area contributed by atoms with E-state index < -0.39 is 0 Å². The molecule has 4 heteroatoms. The summed E-state index contributed by atoms with van der Waals surface area (Å²) < 4.78 is 0.791. The predicted octanol–water partition coefficient (Wildman–Crippen LogP) is 2.14. The van der Waals surface area contributed by atoms with Crippen molar-refractivity contribution in [2.75, 3.05) is 24.6 Å². The number of anilines is 1. The molecule has 0 aliphatic rings. The van der Waals surface area contributed by atoms with E-state index in [1.165, 1.54) is 0 Å². The number of rotatable bonds is 4. The second kappa shape index (κ2) is 5.74. The summed E-state index contributed by atoms with van der Waals surface area (Å²) >= 11 is 3.34. The standard InChI is InChI=1S/C11H13BrN2O/c1-2-14(5-6-15)10-4-3-9(8-13)11(12)7-10/h3-4,7,15H,2,5-6H2,1H3. The third kappa shape index (κ3) is 2.95. The zero-order chi connectivity index (χ0) is 11.3. The molecule has 0 radical (unpaired) electrons. The first-order valence-electron chi connectivity index (χ1n) is 4.78. The first-order chi connectivity index (χ1) is 7.22. The molecule has 1 aromatic rings.